The number of anilines is 1. The third-order valence-electron chi connectivity index (χ3n) is 5.82. The van der Waals surface area contributed by atoms with E-state index in [1.165, 1.54) is 25.1 Å². The molecule has 174 valence electrons. The Labute approximate surface area is 197 Å². The highest BCUT2D eigenvalue weighted by Gasteiger charge is 2.29. The molecule has 5 nitrogen and oxygen atoms in total. The zero-order chi connectivity index (χ0) is 24.5. The third-order valence-corrected chi connectivity index (χ3v) is 5.82. The van der Waals surface area contributed by atoms with Crippen LogP contribution >= 0.6 is 0 Å². The average molecular weight is 461 g/mol. The van der Waals surface area contributed by atoms with Gasteiger partial charge in [0.05, 0.1) is 5.69 Å². The summed E-state index contributed by atoms with van der Waals surface area (Å²) in [5.74, 6) is -2.98. The van der Waals surface area contributed by atoms with Crippen molar-refractivity contribution in [3.05, 3.63) is 88.7 Å². The highest BCUT2D eigenvalue weighted by molar-refractivity contribution is 6.04. The molecule has 0 aliphatic rings. The maximum atomic E-state index is 14.0. The van der Waals surface area contributed by atoms with Gasteiger partial charge in [-0.05, 0) is 56.2 Å². The van der Waals surface area contributed by atoms with Crippen LogP contribution in [0.1, 0.15) is 46.2 Å². The lowest BCUT2D eigenvalue weighted by molar-refractivity contribution is -0.00824. The number of carbonyl (C=O) groups is 1. The molecule has 2 aromatic carbocycles. The predicted molar refractivity (Wildman–Crippen MR) is 130 cm³/mol. The number of alkyl halides is 2. The number of aryl methyl sites for hydroxylation is 3. The summed E-state index contributed by atoms with van der Waals surface area (Å²) >= 11 is 0. The van der Waals surface area contributed by atoms with Gasteiger partial charge in [-0.3, -0.25) is 4.79 Å². The van der Waals surface area contributed by atoms with Gasteiger partial charge in [-0.25, -0.2) is 18.7 Å². The molecule has 0 saturated heterocycles. The van der Waals surface area contributed by atoms with Gasteiger partial charge in [0.2, 0.25) is 0 Å². The summed E-state index contributed by atoms with van der Waals surface area (Å²) in [7, 11) is 0. The fourth-order valence-electron chi connectivity index (χ4n) is 3.95. The lowest BCUT2D eigenvalue weighted by Crippen LogP contribution is -2.16. The smallest absolute Gasteiger partial charge is 0.276 e. The minimum Gasteiger partial charge on any atom is -0.340 e. The van der Waals surface area contributed by atoms with Crippen LogP contribution in [0.15, 0.2) is 60.7 Å². The van der Waals surface area contributed by atoms with Crippen molar-refractivity contribution in [2.24, 2.45) is 0 Å². The summed E-state index contributed by atoms with van der Waals surface area (Å²) in [6.07, 6.45) is -0.319. The normalized spacial score (nSPS) is 11.5. The molecule has 0 radical (unpaired) electrons. The molecule has 2 N–H and O–H groups in total. The fraction of sp³-hybridized carbons (Fsp3) is 0.222. The van der Waals surface area contributed by atoms with Gasteiger partial charge >= 0.3 is 0 Å². The Morgan fingerprint density at radius 1 is 0.941 bits per heavy atom. The van der Waals surface area contributed by atoms with Crippen molar-refractivity contribution in [3.63, 3.8) is 0 Å². The number of aromatic nitrogens is 3. The third kappa shape index (κ3) is 4.59. The van der Waals surface area contributed by atoms with Gasteiger partial charge in [0.25, 0.3) is 11.8 Å². The molecule has 0 fully saturated rings. The van der Waals surface area contributed by atoms with E-state index in [4.69, 9.17) is 4.98 Å². The molecule has 7 heteroatoms. The van der Waals surface area contributed by atoms with E-state index in [0.717, 1.165) is 22.4 Å². The first-order valence-corrected chi connectivity index (χ1v) is 11.1. The molecule has 0 saturated carbocycles. The highest BCUT2D eigenvalue weighted by atomic mass is 19.3. The molecule has 0 atom stereocenters. The summed E-state index contributed by atoms with van der Waals surface area (Å²) in [4.78, 5) is 25.2. The minimum atomic E-state index is -2.96. The van der Waals surface area contributed by atoms with Crippen molar-refractivity contribution in [1.82, 2.24) is 15.0 Å². The monoisotopic (exact) mass is 460 g/mol. The van der Waals surface area contributed by atoms with E-state index in [2.05, 4.69) is 15.3 Å². The van der Waals surface area contributed by atoms with Crippen LogP contribution in [0, 0.1) is 20.8 Å². The van der Waals surface area contributed by atoms with Gasteiger partial charge in [-0.1, -0.05) is 43.3 Å². The first-order chi connectivity index (χ1) is 16.2. The zero-order valence-corrected chi connectivity index (χ0v) is 19.5. The largest absolute Gasteiger partial charge is 0.340 e. The van der Waals surface area contributed by atoms with Crippen LogP contribution < -0.4 is 5.32 Å². The Morgan fingerprint density at radius 2 is 1.59 bits per heavy atom. The van der Waals surface area contributed by atoms with Crippen LogP contribution in [0.25, 0.3) is 22.8 Å². The summed E-state index contributed by atoms with van der Waals surface area (Å²) in [6, 6.07) is 17.5. The molecule has 0 spiro atoms. The van der Waals surface area contributed by atoms with Crippen molar-refractivity contribution in [2.45, 2.75) is 40.0 Å². The Kier molecular flexibility index (Phi) is 6.28. The molecule has 0 aliphatic carbocycles. The lowest BCUT2D eigenvalue weighted by atomic mass is 9.99. The van der Waals surface area contributed by atoms with Gasteiger partial charge in [0, 0.05) is 28.9 Å². The number of H-pyrrole nitrogens is 1. The predicted octanol–water partition coefficient (Wildman–Crippen LogP) is 6.82. The molecule has 2 aromatic heterocycles. The van der Waals surface area contributed by atoms with E-state index in [1.807, 2.05) is 50.2 Å². The van der Waals surface area contributed by atoms with Gasteiger partial charge in [-0.15, -0.1) is 0 Å². The van der Waals surface area contributed by atoms with Gasteiger partial charge in [0.1, 0.15) is 11.4 Å². The number of pyridine rings is 1. The Hall–Kier alpha value is -3.87. The van der Waals surface area contributed by atoms with Crippen molar-refractivity contribution in [1.29, 1.82) is 0 Å². The Bertz CT molecular complexity index is 1340. The number of nitrogens with one attached hydrogen (secondary N) is 2. The van der Waals surface area contributed by atoms with Crippen LogP contribution in [0.4, 0.5) is 14.5 Å². The maximum Gasteiger partial charge on any atom is 0.276 e. The van der Waals surface area contributed by atoms with E-state index < -0.39 is 11.8 Å². The van der Waals surface area contributed by atoms with E-state index >= 15 is 0 Å². The number of hydrogen-bond donors (Lipinski definition) is 2. The van der Waals surface area contributed by atoms with Gasteiger partial charge in [0.15, 0.2) is 5.82 Å². The Morgan fingerprint density at radius 3 is 2.29 bits per heavy atom. The molecular formula is C27H26F2N4O. The molecule has 0 aliphatic heterocycles. The summed E-state index contributed by atoms with van der Waals surface area (Å²) in [6.45, 7) is 7.24. The summed E-state index contributed by atoms with van der Waals surface area (Å²) in [5, 5.41) is 2.68. The number of benzene rings is 2. The maximum absolute atomic E-state index is 14.0. The van der Waals surface area contributed by atoms with E-state index in [1.54, 1.807) is 13.0 Å². The van der Waals surface area contributed by atoms with Crippen LogP contribution in [0.3, 0.4) is 0 Å². The van der Waals surface area contributed by atoms with Crippen molar-refractivity contribution in [3.8, 4) is 22.8 Å². The SMILES string of the molecule is CCC(F)(F)c1cccc(NC(=O)c2nc(-c3cccc(-c4c(C)cccc4C)n3)[nH]c2C)c1. The number of rotatable bonds is 6. The van der Waals surface area contributed by atoms with E-state index in [0.29, 0.717) is 17.2 Å². The molecule has 4 aromatic rings. The number of halogens is 2. The number of amides is 1. The van der Waals surface area contributed by atoms with E-state index in [9.17, 15) is 13.6 Å². The highest BCUT2D eigenvalue weighted by Crippen LogP contribution is 2.33. The quantitative estimate of drug-likeness (QED) is 0.332. The van der Waals surface area contributed by atoms with Crippen LogP contribution in [0.2, 0.25) is 0 Å². The average Bonchev–Trinajstić information content (AvgIpc) is 3.21. The zero-order valence-electron chi connectivity index (χ0n) is 19.5. The summed E-state index contributed by atoms with van der Waals surface area (Å²) < 4.78 is 28.1. The first kappa shape index (κ1) is 23.3. The first-order valence-electron chi connectivity index (χ1n) is 11.1. The number of nitrogens with zero attached hydrogens (tertiary/aromatic N) is 2. The van der Waals surface area contributed by atoms with E-state index in [-0.39, 0.29) is 23.4 Å². The van der Waals surface area contributed by atoms with Crippen LogP contribution in [-0.2, 0) is 5.92 Å². The second-order valence-corrected chi connectivity index (χ2v) is 8.33. The molecule has 1 amide bonds. The number of carbonyl (C=O) groups excluding carboxylic acids is 1. The standard InChI is InChI=1S/C27H26F2N4O/c1-5-27(28,29)19-11-7-12-20(15-19)31-26(34)24-18(4)30-25(33-24)22-14-8-13-21(32-22)23-16(2)9-6-10-17(23)3/h6-15H,5H2,1-4H3,(H,30,33)(H,31,34). The molecule has 2 heterocycles. The topological polar surface area (TPSA) is 70.7 Å². The van der Waals surface area contributed by atoms with Crippen molar-refractivity contribution >= 4 is 11.6 Å². The number of hydrogen-bond acceptors (Lipinski definition) is 3. The lowest BCUT2D eigenvalue weighted by Gasteiger charge is -2.15. The fourth-order valence-corrected chi connectivity index (χ4v) is 3.95. The molecule has 4 rings (SSSR count). The number of imidazole rings is 1. The molecular weight excluding hydrogens is 434 g/mol. The van der Waals surface area contributed by atoms with Crippen molar-refractivity contribution in [2.75, 3.05) is 5.32 Å². The number of aromatic amines is 1. The molecule has 0 unspecified atom stereocenters. The Balaban J connectivity index is 1.62. The molecule has 0 bridgehead atoms. The second kappa shape index (κ2) is 9.17. The second-order valence-electron chi connectivity index (χ2n) is 8.33. The van der Waals surface area contributed by atoms with Crippen LogP contribution in [0.5, 0.6) is 0 Å². The van der Waals surface area contributed by atoms with Crippen LogP contribution in [-0.4, -0.2) is 20.9 Å². The van der Waals surface area contributed by atoms with Crippen molar-refractivity contribution < 1.29 is 13.6 Å². The van der Waals surface area contributed by atoms with Gasteiger partial charge in [-0.2, -0.15) is 0 Å². The summed E-state index contributed by atoms with van der Waals surface area (Å²) in [5.41, 5.74) is 5.62. The minimum absolute atomic E-state index is 0.139. The van der Waals surface area contributed by atoms with Gasteiger partial charge < -0.3 is 10.3 Å². The molecule has 34 heavy (non-hydrogen) atoms.